The Labute approximate surface area is 115 Å². The Balaban J connectivity index is 2.57. The molecule has 0 heterocycles. The molecule has 0 aliphatic carbocycles. The SMILES string of the molecule is CCCN(CCN(C)C)CC(=O)c1ccc(F)cc1. The lowest BCUT2D eigenvalue weighted by atomic mass is 10.1. The zero-order chi connectivity index (χ0) is 14.3. The fourth-order valence-corrected chi connectivity index (χ4v) is 1.86. The number of nitrogens with zero attached hydrogens (tertiary/aromatic N) is 2. The number of carbonyl (C=O) groups is 1. The number of rotatable bonds is 8. The van der Waals surface area contributed by atoms with Crippen LogP contribution in [0.4, 0.5) is 4.39 Å². The molecule has 0 aromatic heterocycles. The highest BCUT2D eigenvalue weighted by molar-refractivity contribution is 5.97. The van der Waals surface area contributed by atoms with E-state index in [0.29, 0.717) is 12.1 Å². The van der Waals surface area contributed by atoms with Gasteiger partial charge in [0, 0.05) is 18.7 Å². The highest BCUT2D eigenvalue weighted by Gasteiger charge is 2.12. The molecule has 0 spiro atoms. The average molecular weight is 266 g/mol. The number of carbonyl (C=O) groups excluding carboxylic acids is 1. The molecular weight excluding hydrogens is 243 g/mol. The van der Waals surface area contributed by atoms with Gasteiger partial charge in [-0.3, -0.25) is 9.69 Å². The second kappa shape index (κ2) is 8.02. The molecule has 0 atom stereocenters. The summed E-state index contributed by atoms with van der Waals surface area (Å²) in [5.41, 5.74) is 0.576. The van der Waals surface area contributed by atoms with Crippen molar-refractivity contribution in [3.63, 3.8) is 0 Å². The minimum Gasteiger partial charge on any atom is -0.308 e. The largest absolute Gasteiger partial charge is 0.308 e. The zero-order valence-corrected chi connectivity index (χ0v) is 12.0. The highest BCUT2D eigenvalue weighted by Crippen LogP contribution is 2.05. The van der Waals surface area contributed by atoms with Crippen molar-refractivity contribution in [2.24, 2.45) is 0 Å². The van der Waals surface area contributed by atoms with Crippen LogP contribution in [-0.4, -0.2) is 55.9 Å². The normalized spacial score (nSPS) is 11.3. The van der Waals surface area contributed by atoms with Gasteiger partial charge in [0.05, 0.1) is 6.54 Å². The van der Waals surface area contributed by atoms with E-state index in [1.807, 2.05) is 14.1 Å². The van der Waals surface area contributed by atoms with Gasteiger partial charge in [0.25, 0.3) is 0 Å². The molecular formula is C15H23FN2O. The van der Waals surface area contributed by atoms with E-state index >= 15 is 0 Å². The van der Waals surface area contributed by atoms with Gasteiger partial charge in [-0.15, -0.1) is 0 Å². The van der Waals surface area contributed by atoms with Gasteiger partial charge in [-0.05, 0) is 51.3 Å². The molecule has 0 unspecified atom stereocenters. The maximum atomic E-state index is 12.8. The third-order valence-electron chi connectivity index (χ3n) is 2.94. The van der Waals surface area contributed by atoms with Crippen LogP contribution in [0.15, 0.2) is 24.3 Å². The second-order valence-electron chi connectivity index (χ2n) is 5.01. The van der Waals surface area contributed by atoms with Gasteiger partial charge in [0.1, 0.15) is 5.82 Å². The van der Waals surface area contributed by atoms with E-state index in [4.69, 9.17) is 0 Å². The number of hydrogen-bond acceptors (Lipinski definition) is 3. The molecule has 0 amide bonds. The van der Waals surface area contributed by atoms with Crippen molar-refractivity contribution in [3.8, 4) is 0 Å². The van der Waals surface area contributed by atoms with Crippen LogP contribution in [0.1, 0.15) is 23.7 Å². The molecule has 0 radical (unpaired) electrons. The van der Waals surface area contributed by atoms with Gasteiger partial charge in [-0.25, -0.2) is 4.39 Å². The quantitative estimate of drug-likeness (QED) is 0.674. The van der Waals surface area contributed by atoms with E-state index in [-0.39, 0.29) is 11.6 Å². The number of likely N-dealkylation sites (N-methyl/N-ethyl adjacent to an activating group) is 1. The average Bonchev–Trinajstić information content (AvgIpc) is 2.37. The van der Waals surface area contributed by atoms with Crippen LogP contribution in [0.25, 0.3) is 0 Å². The van der Waals surface area contributed by atoms with E-state index in [2.05, 4.69) is 16.7 Å². The number of benzene rings is 1. The summed E-state index contributed by atoms with van der Waals surface area (Å²) in [6, 6.07) is 5.76. The molecule has 0 N–H and O–H groups in total. The van der Waals surface area contributed by atoms with Crippen molar-refractivity contribution in [3.05, 3.63) is 35.6 Å². The van der Waals surface area contributed by atoms with E-state index in [0.717, 1.165) is 26.1 Å². The molecule has 19 heavy (non-hydrogen) atoms. The number of Topliss-reactive ketones (excluding diaryl/α,β-unsaturated/α-hetero) is 1. The first kappa shape index (κ1) is 15.8. The van der Waals surface area contributed by atoms with Crippen molar-refractivity contribution in [2.75, 3.05) is 40.3 Å². The predicted octanol–water partition coefficient (Wildman–Crippen LogP) is 2.28. The first-order valence-corrected chi connectivity index (χ1v) is 6.68. The molecule has 0 saturated carbocycles. The van der Waals surface area contributed by atoms with Gasteiger partial charge >= 0.3 is 0 Å². The lowest BCUT2D eigenvalue weighted by molar-refractivity contribution is 0.0925. The van der Waals surface area contributed by atoms with Crippen LogP contribution >= 0.6 is 0 Å². The van der Waals surface area contributed by atoms with Crippen LogP contribution in [-0.2, 0) is 0 Å². The van der Waals surface area contributed by atoms with E-state index < -0.39 is 0 Å². The van der Waals surface area contributed by atoms with Crippen LogP contribution < -0.4 is 0 Å². The Morgan fingerprint density at radius 1 is 1.11 bits per heavy atom. The fraction of sp³-hybridized carbons (Fsp3) is 0.533. The minimum absolute atomic E-state index is 0.0483. The molecule has 0 aliphatic rings. The topological polar surface area (TPSA) is 23.6 Å². The fourth-order valence-electron chi connectivity index (χ4n) is 1.86. The van der Waals surface area contributed by atoms with Crippen molar-refractivity contribution in [1.29, 1.82) is 0 Å². The molecule has 3 nitrogen and oxygen atoms in total. The molecule has 0 saturated heterocycles. The van der Waals surface area contributed by atoms with Crippen molar-refractivity contribution in [2.45, 2.75) is 13.3 Å². The first-order valence-electron chi connectivity index (χ1n) is 6.68. The Morgan fingerprint density at radius 3 is 2.26 bits per heavy atom. The molecule has 1 aromatic rings. The van der Waals surface area contributed by atoms with Crippen LogP contribution in [0.2, 0.25) is 0 Å². The Kier molecular flexibility index (Phi) is 6.67. The monoisotopic (exact) mass is 266 g/mol. The summed E-state index contributed by atoms with van der Waals surface area (Å²) in [5.74, 6) is -0.262. The minimum atomic E-state index is -0.311. The van der Waals surface area contributed by atoms with Gasteiger partial charge < -0.3 is 4.90 Å². The first-order chi connectivity index (χ1) is 9.02. The summed E-state index contributed by atoms with van der Waals surface area (Å²) >= 11 is 0. The number of halogens is 1. The van der Waals surface area contributed by atoms with Crippen LogP contribution in [0.5, 0.6) is 0 Å². The summed E-state index contributed by atoms with van der Waals surface area (Å²) in [6.45, 7) is 5.20. The van der Waals surface area contributed by atoms with Crippen LogP contribution in [0.3, 0.4) is 0 Å². The predicted molar refractivity (Wildman–Crippen MR) is 76.0 cm³/mol. The van der Waals surface area contributed by atoms with Crippen molar-refractivity contribution >= 4 is 5.78 Å². The van der Waals surface area contributed by atoms with Gasteiger partial charge in [0.2, 0.25) is 0 Å². The molecule has 0 bridgehead atoms. The van der Waals surface area contributed by atoms with Gasteiger partial charge in [-0.2, -0.15) is 0 Å². The molecule has 0 aliphatic heterocycles. The smallest absolute Gasteiger partial charge is 0.176 e. The number of hydrogen-bond donors (Lipinski definition) is 0. The summed E-state index contributed by atoms with van der Waals surface area (Å²) in [4.78, 5) is 16.4. The van der Waals surface area contributed by atoms with Gasteiger partial charge in [0.15, 0.2) is 5.78 Å². The lowest BCUT2D eigenvalue weighted by Crippen LogP contribution is -2.36. The Morgan fingerprint density at radius 2 is 1.74 bits per heavy atom. The third-order valence-corrected chi connectivity index (χ3v) is 2.94. The standard InChI is InChI=1S/C15H23FN2O/c1-4-9-18(11-10-17(2)3)12-15(19)13-5-7-14(16)8-6-13/h5-8H,4,9-12H2,1-3H3. The van der Waals surface area contributed by atoms with Crippen LogP contribution in [0, 0.1) is 5.82 Å². The zero-order valence-electron chi connectivity index (χ0n) is 12.0. The van der Waals surface area contributed by atoms with E-state index in [1.54, 1.807) is 12.1 Å². The van der Waals surface area contributed by atoms with Crippen molar-refractivity contribution < 1.29 is 9.18 Å². The molecule has 1 rings (SSSR count). The molecule has 106 valence electrons. The summed E-state index contributed by atoms with van der Waals surface area (Å²) in [5, 5.41) is 0. The molecule has 1 aromatic carbocycles. The maximum Gasteiger partial charge on any atom is 0.176 e. The Hall–Kier alpha value is -1.26. The lowest BCUT2D eigenvalue weighted by Gasteiger charge is -2.22. The number of ketones is 1. The highest BCUT2D eigenvalue weighted by atomic mass is 19.1. The van der Waals surface area contributed by atoms with E-state index in [1.165, 1.54) is 12.1 Å². The summed E-state index contributed by atoms with van der Waals surface area (Å²) in [6.07, 6.45) is 1.02. The summed E-state index contributed by atoms with van der Waals surface area (Å²) < 4.78 is 12.8. The maximum absolute atomic E-state index is 12.8. The molecule has 4 heteroatoms. The second-order valence-corrected chi connectivity index (χ2v) is 5.01. The third kappa shape index (κ3) is 5.94. The molecule has 0 fully saturated rings. The van der Waals surface area contributed by atoms with Crippen molar-refractivity contribution in [1.82, 2.24) is 9.80 Å². The Bertz CT molecular complexity index is 390. The van der Waals surface area contributed by atoms with E-state index in [9.17, 15) is 9.18 Å². The summed E-state index contributed by atoms with van der Waals surface area (Å²) in [7, 11) is 4.04. The van der Waals surface area contributed by atoms with Gasteiger partial charge in [-0.1, -0.05) is 6.92 Å².